The average Bonchev–Trinajstić information content (AvgIpc) is 2.70. The van der Waals surface area contributed by atoms with E-state index in [9.17, 15) is 0 Å². The second-order valence-corrected chi connectivity index (χ2v) is 12.8. The van der Waals surface area contributed by atoms with Gasteiger partial charge in [0.05, 0.1) is 6.17 Å². The summed E-state index contributed by atoms with van der Waals surface area (Å²) in [6.07, 6.45) is 8.17. The molecule has 0 saturated heterocycles. The lowest BCUT2D eigenvalue weighted by Crippen LogP contribution is -2.46. The average molecular weight is 452 g/mol. The molecule has 0 aliphatic heterocycles. The third-order valence-corrected chi connectivity index (χ3v) is 10.5. The molecule has 8 heteroatoms. The fourth-order valence-electron chi connectivity index (χ4n) is 2.98. The van der Waals surface area contributed by atoms with Gasteiger partial charge in [0.15, 0.2) is 0 Å². The summed E-state index contributed by atoms with van der Waals surface area (Å²) in [7, 11) is -1.14. The van der Waals surface area contributed by atoms with E-state index in [4.69, 9.17) is 24.7 Å². The molecule has 0 rings (SSSR count). The Labute approximate surface area is 186 Å². The lowest BCUT2D eigenvalue weighted by atomic mass is 9.95. The second kappa shape index (κ2) is 20.1. The fraction of sp³-hybridized carbons (Fsp3) is 1.00. The second-order valence-electron chi connectivity index (χ2n) is 7.91. The summed E-state index contributed by atoms with van der Waals surface area (Å²) in [5.41, 5.74) is 11.0. The van der Waals surface area contributed by atoms with Crippen LogP contribution < -0.4 is 16.8 Å². The molecule has 0 fully saturated rings. The highest BCUT2D eigenvalue weighted by atomic mass is 28.4. The van der Waals surface area contributed by atoms with Gasteiger partial charge in [-0.2, -0.15) is 0 Å². The van der Waals surface area contributed by atoms with Gasteiger partial charge in [-0.05, 0) is 64.6 Å². The van der Waals surface area contributed by atoms with Crippen LogP contribution in [0.15, 0.2) is 0 Å². The van der Waals surface area contributed by atoms with E-state index < -0.39 is 8.80 Å². The Morgan fingerprint density at radius 1 is 0.862 bits per heavy atom. The van der Waals surface area contributed by atoms with Crippen LogP contribution >= 0.6 is 0 Å². The van der Waals surface area contributed by atoms with Crippen LogP contribution in [0.2, 0.25) is 11.1 Å². The van der Waals surface area contributed by atoms with E-state index in [1.807, 2.05) is 20.8 Å². The Kier molecular flexibility index (Phi) is 21.8. The molecule has 29 heavy (non-hydrogen) atoms. The number of unbranched alkanes of at least 4 members (excludes halogenated alkanes) is 1. The summed E-state index contributed by atoms with van der Waals surface area (Å²) < 4.78 is 17.4. The Hall–Kier alpha value is 0.194. The van der Waals surface area contributed by atoms with Crippen LogP contribution in [0.1, 0.15) is 86.5 Å². The number of nitrogens with one attached hydrogen (secondary N) is 1. The highest BCUT2D eigenvalue weighted by molar-refractivity contribution is 6.60. The van der Waals surface area contributed by atoms with Crippen molar-refractivity contribution >= 4 is 19.0 Å². The molecule has 0 amide bonds. The molecular formula is C21H53N3O3Si2. The Balaban J connectivity index is 0. The quantitative estimate of drug-likeness (QED) is 0.168. The predicted octanol–water partition coefficient (Wildman–Crippen LogP) is 3.17. The smallest absolute Gasteiger partial charge is 0.374 e. The molecule has 0 heterocycles. The van der Waals surface area contributed by atoms with Crippen molar-refractivity contribution in [1.82, 2.24) is 5.32 Å². The maximum absolute atomic E-state index is 5.80. The van der Waals surface area contributed by atoms with Gasteiger partial charge in [0.1, 0.15) is 0 Å². The van der Waals surface area contributed by atoms with E-state index in [2.05, 4.69) is 26.1 Å². The zero-order valence-corrected chi connectivity index (χ0v) is 23.6. The topological polar surface area (TPSA) is 91.8 Å². The lowest BCUT2D eigenvalue weighted by molar-refractivity contribution is 0.0708. The standard InChI is InChI=1S/C13H31NO3Si.C8H22N2Si/c1-5-9-11-14-12-10-13-18(15-6-2,16-7-3)17-8-4;1-3-8(11,4-2)6-5-7(9)10/h14H,5-13H2,1-4H3;7H,3-6,9-10H2,1-2,11H3. The molecule has 178 valence electrons. The van der Waals surface area contributed by atoms with Crippen molar-refractivity contribution in [3.63, 3.8) is 0 Å². The highest BCUT2D eigenvalue weighted by Gasteiger charge is 2.39. The molecule has 5 N–H and O–H groups in total. The maximum atomic E-state index is 5.80. The van der Waals surface area contributed by atoms with E-state index in [1.165, 1.54) is 42.3 Å². The van der Waals surface area contributed by atoms with Crippen LogP contribution in [0.25, 0.3) is 0 Å². The fourth-order valence-corrected chi connectivity index (χ4v) is 5.88. The van der Waals surface area contributed by atoms with Crippen molar-refractivity contribution < 1.29 is 13.3 Å². The first-order valence-electron chi connectivity index (χ1n) is 11.9. The minimum absolute atomic E-state index is 0.110. The Bertz CT molecular complexity index is 330. The van der Waals surface area contributed by atoms with Crippen molar-refractivity contribution in [1.29, 1.82) is 0 Å². The van der Waals surface area contributed by atoms with E-state index in [-0.39, 0.29) is 6.17 Å². The minimum Gasteiger partial charge on any atom is -0.374 e. The largest absolute Gasteiger partial charge is 0.500 e. The van der Waals surface area contributed by atoms with E-state index >= 15 is 0 Å². The van der Waals surface area contributed by atoms with E-state index in [0.717, 1.165) is 32.0 Å². The van der Waals surface area contributed by atoms with Gasteiger partial charge >= 0.3 is 8.80 Å². The summed E-state index contributed by atoms with van der Waals surface area (Å²) in [4.78, 5) is 0. The van der Waals surface area contributed by atoms with Crippen LogP contribution in [-0.2, 0) is 13.3 Å². The summed E-state index contributed by atoms with van der Waals surface area (Å²) in [6, 6.07) is 0.904. The maximum Gasteiger partial charge on any atom is 0.500 e. The summed E-state index contributed by atoms with van der Waals surface area (Å²) in [5, 5.41) is 4.04. The molecule has 0 saturated carbocycles. The van der Waals surface area contributed by atoms with E-state index in [0.29, 0.717) is 24.9 Å². The first kappa shape index (κ1) is 31.4. The molecule has 0 aliphatic rings. The van der Waals surface area contributed by atoms with Crippen molar-refractivity contribution in [2.45, 2.75) is 104 Å². The van der Waals surface area contributed by atoms with Gasteiger partial charge in [0.2, 0.25) is 0 Å². The number of nitrogens with two attached hydrogens (primary N) is 2. The van der Waals surface area contributed by atoms with Crippen molar-refractivity contribution in [3.8, 4) is 0 Å². The van der Waals surface area contributed by atoms with Gasteiger partial charge in [0.25, 0.3) is 0 Å². The van der Waals surface area contributed by atoms with Gasteiger partial charge in [-0.15, -0.1) is 0 Å². The highest BCUT2D eigenvalue weighted by Crippen LogP contribution is 2.35. The van der Waals surface area contributed by atoms with Crippen molar-refractivity contribution in [3.05, 3.63) is 0 Å². The Morgan fingerprint density at radius 3 is 1.72 bits per heavy atom. The predicted molar refractivity (Wildman–Crippen MR) is 132 cm³/mol. The molecule has 6 nitrogen and oxygen atoms in total. The molecule has 0 atom stereocenters. The summed E-state index contributed by atoms with van der Waals surface area (Å²) >= 11 is 0. The normalized spacial score (nSPS) is 12.3. The van der Waals surface area contributed by atoms with E-state index in [1.54, 1.807) is 0 Å². The van der Waals surface area contributed by atoms with Gasteiger partial charge in [-0.1, -0.05) is 40.0 Å². The molecule has 0 aromatic carbocycles. The van der Waals surface area contributed by atoms with Gasteiger partial charge < -0.3 is 30.1 Å². The molecule has 0 bridgehead atoms. The molecule has 0 unspecified atom stereocenters. The van der Waals surface area contributed by atoms with Crippen LogP contribution in [0, 0.1) is 0 Å². The van der Waals surface area contributed by atoms with Crippen LogP contribution in [0.4, 0.5) is 0 Å². The molecular weight excluding hydrogens is 398 g/mol. The zero-order chi connectivity index (χ0) is 22.6. The Morgan fingerprint density at radius 2 is 1.34 bits per heavy atom. The lowest BCUT2D eigenvalue weighted by Gasteiger charge is -2.28. The third-order valence-electron chi connectivity index (χ3n) is 5.42. The molecule has 0 aromatic rings. The molecule has 0 radical (unpaired) electrons. The SMILES string of the molecule is CCC([SiH3])(CC)CCC(N)N.CCCCNCCC[Si](OCC)(OCC)OCC. The number of rotatable bonds is 18. The number of hydrogen-bond donors (Lipinski definition) is 3. The summed E-state index contributed by atoms with van der Waals surface area (Å²) in [6.45, 7) is 16.8. The van der Waals surface area contributed by atoms with Crippen molar-refractivity contribution in [2.75, 3.05) is 32.9 Å². The molecule has 0 aliphatic carbocycles. The summed E-state index contributed by atoms with van der Waals surface area (Å²) in [5.74, 6) is 0. The van der Waals surface area contributed by atoms with Gasteiger partial charge in [0, 0.05) is 36.1 Å². The minimum atomic E-state index is -2.40. The number of hydrogen-bond acceptors (Lipinski definition) is 6. The third kappa shape index (κ3) is 17.6. The first-order chi connectivity index (χ1) is 13.8. The molecule has 0 aromatic heterocycles. The monoisotopic (exact) mass is 451 g/mol. The van der Waals surface area contributed by atoms with Gasteiger partial charge in [-0.3, -0.25) is 0 Å². The van der Waals surface area contributed by atoms with Crippen LogP contribution in [-0.4, -0.2) is 58.1 Å². The van der Waals surface area contributed by atoms with Crippen LogP contribution in [0.5, 0.6) is 0 Å². The zero-order valence-electron chi connectivity index (χ0n) is 20.6. The van der Waals surface area contributed by atoms with Crippen LogP contribution in [0.3, 0.4) is 0 Å². The van der Waals surface area contributed by atoms with Gasteiger partial charge in [-0.25, -0.2) is 0 Å². The first-order valence-corrected chi connectivity index (χ1v) is 14.8. The van der Waals surface area contributed by atoms with Crippen molar-refractivity contribution in [2.24, 2.45) is 11.5 Å². The molecule has 0 spiro atoms.